The molecule has 0 aliphatic carbocycles. The Morgan fingerprint density at radius 3 is 1.61 bits per heavy atom. The van der Waals surface area contributed by atoms with Crippen LogP contribution in [-0.4, -0.2) is 30.6 Å². The summed E-state index contributed by atoms with van der Waals surface area (Å²) in [7, 11) is 0. The Bertz CT molecular complexity index is 293. The van der Waals surface area contributed by atoms with Gasteiger partial charge in [-0.1, -0.05) is 6.58 Å². The average molecular weight is 290 g/mol. The molecular formula is C8H7F9O. The van der Waals surface area contributed by atoms with Crippen LogP contribution in [-0.2, 0) is 4.74 Å². The highest BCUT2D eigenvalue weighted by molar-refractivity contribution is 5.00. The van der Waals surface area contributed by atoms with Crippen LogP contribution >= 0.6 is 0 Å². The summed E-state index contributed by atoms with van der Waals surface area (Å²) in [5.74, 6) is -19.0. The molecule has 0 aromatic carbocycles. The standard InChI is InChI=1S/C8H7F9O/c1-2-18-4-3-5(9,10)6(11,12)7(13,14)8(15,16)17/h2H,1,3-4H2. The second kappa shape index (κ2) is 4.88. The van der Waals surface area contributed by atoms with Gasteiger partial charge in [0.2, 0.25) is 0 Å². The van der Waals surface area contributed by atoms with E-state index in [2.05, 4.69) is 11.3 Å². The van der Waals surface area contributed by atoms with E-state index in [1.54, 1.807) is 0 Å². The zero-order valence-electron chi connectivity index (χ0n) is 8.51. The molecule has 0 amide bonds. The van der Waals surface area contributed by atoms with Crippen molar-refractivity contribution in [3.8, 4) is 0 Å². The van der Waals surface area contributed by atoms with E-state index >= 15 is 0 Å². The summed E-state index contributed by atoms with van der Waals surface area (Å²) < 4.78 is 114. The Kier molecular flexibility index (Phi) is 4.59. The molecule has 0 fully saturated rings. The van der Waals surface area contributed by atoms with E-state index in [1.165, 1.54) is 0 Å². The molecule has 18 heavy (non-hydrogen) atoms. The van der Waals surface area contributed by atoms with Crippen molar-refractivity contribution in [1.29, 1.82) is 0 Å². The van der Waals surface area contributed by atoms with E-state index in [1.807, 2.05) is 0 Å². The van der Waals surface area contributed by atoms with Gasteiger partial charge in [-0.2, -0.15) is 39.5 Å². The lowest BCUT2D eigenvalue weighted by atomic mass is 10.0. The van der Waals surface area contributed by atoms with E-state index in [0.29, 0.717) is 6.26 Å². The predicted molar refractivity (Wildman–Crippen MR) is 41.7 cm³/mol. The monoisotopic (exact) mass is 290 g/mol. The lowest BCUT2D eigenvalue weighted by molar-refractivity contribution is -0.397. The van der Waals surface area contributed by atoms with Crippen molar-refractivity contribution in [3.63, 3.8) is 0 Å². The van der Waals surface area contributed by atoms with Gasteiger partial charge in [-0.05, 0) is 0 Å². The molecule has 10 heteroatoms. The molecule has 0 aliphatic rings. The highest BCUT2D eigenvalue weighted by Crippen LogP contribution is 2.53. The number of hydrogen-bond donors (Lipinski definition) is 0. The second-order valence-electron chi connectivity index (χ2n) is 3.14. The van der Waals surface area contributed by atoms with Crippen LogP contribution in [0.2, 0.25) is 0 Å². The van der Waals surface area contributed by atoms with Gasteiger partial charge in [0.1, 0.15) is 0 Å². The minimum atomic E-state index is -6.85. The van der Waals surface area contributed by atoms with Crippen LogP contribution in [0.3, 0.4) is 0 Å². The highest BCUT2D eigenvalue weighted by Gasteiger charge is 2.81. The molecule has 0 unspecified atom stereocenters. The van der Waals surface area contributed by atoms with Crippen LogP contribution in [0.15, 0.2) is 12.8 Å². The summed E-state index contributed by atoms with van der Waals surface area (Å²) in [5, 5.41) is 0. The Labute approximate surface area is 95.2 Å². The number of ether oxygens (including phenoxy) is 1. The summed E-state index contributed by atoms with van der Waals surface area (Å²) in [4.78, 5) is 0. The fourth-order valence-electron chi connectivity index (χ4n) is 0.835. The van der Waals surface area contributed by atoms with Crippen molar-refractivity contribution in [2.45, 2.75) is 30.4 Å². The molecule has 0 atom stereocenters. The molecule has 0 aliphatic heterocycles. The van der Waals surface area contributed by atoms with E-state index in [-0.39, 0.29) is 0 Å². The van der Waals surface area contributed by atoms with E-state index in [0.717, 1.165) is 0 Å². The number of rotatable bonds is 6. The van der Waals surface area contributed by atoms with Crippen LogP contribution in [0.5, 0.6) is 0 Å². The molecule has 0 radical (unpaired) electrons. The quantitative estimate of drug-likeness (QED) is 0.408. The molecule has 0 spiro atoms. The lowest BCUT2D eigenvalue weighted by Crippen LogP contribution is -2.61. The first-order valence-electron chi connectivity index (χ1n) is 4.24. The maximum Gasteiger partial charge on any atom is 0.460 e. The lowest BCUT2D eigenvalue weighted by Gasteiger charge is -2.33. The molecule has 0 heterocycles. The fourth-order valence-corrected chi connectivity index (χ4v) is 0.835. The Morgan fingerprint density at radius 1 is 0.833 bits per heavy atom. The third-order valence-corrected chi connectivity index (χ3v) is 1.86. The number of hydrogen-bond acceptors (Lipinski definition) is 1. The molecule has 0 aromatic rings. The number of halogens is 9. The maximum atomic E-state index is 12.7. The average Bonchev–Trinajstić information content (AvgIpc) is 2.15. The molecule has 0 N–H and O–H groups in total. The van der Waals surface area contributed by atoms with Crippen molar-refractivity contribution < 1.29 is 44.3 Å². The van der Waals surface area contributed by atoms with Crippen LogP contribution in [0.4, 0.5) is 39.5 Å². The van der Waals surface area contributed by atoms with Gasteiger partial charge < -0.3 is 4.74 Å². The van der Waals surface area contributed by atoms with Gasteiger partial charge in [0, 0.05) is 0 Å². The third-order valence-electron chi connectivity index (χ3n) is 1.86. The first-order chi connectivity index (χ1) is 7.81. The van der Waals surface area contributed by atoms with Crippen molar-refractivity contribution in [2.75, 3.05) is 6.61 Å². The van der Waals surface area contributed by atoms with Crippen LogP contribution < -0.4 is 0 Å². The fraction of sp³-hybridized carbons (Fsp3) is 0.750. The van der Waals surface area contributed by atoms with Crippen LogP contribution in [0.25, 0.3) is 0 Å². The topological polar surface area (TPSA) is 9.23 Å². The van der Waals surface area contributed by atoms with Crippen molar-refractivity contribution in [2.24, 2.45) is 0 Å². The summed E-state index contributed by atoms with van der Waals surface area (Å²) in [5.41, 5.74) is 0. The van der Waals surface area contributed by atoms with E-state index in [4.69, 9.17) is 0 Å². The van der Waals surface area contributed by atoms with Gasteiger partial charge in [0.15, 0.2) is 0 Å². The van der Waals surface area contributed by atoms with Gasteiger partial charge >= 0.3 is 23.9 Å². The summed E-state index contributed by atoms with van der Waals surface area (Å²) in [6, 6.07) is 0. The van der Waals surface area contributed by atoms with Crippen LogP contribution in [0, 0.1) is 0 Å². The predicted octanol–water partition coefficient (Wildman–Crippen LogP) is 4.00. The highest BCUT2D eigenvalue weighted by atomic mass is 19.4. The smallest absolute Gasteiger partial charge is 0.460 e. The molecule has 0 rings (SSSR count). The minimum Gasteiger partial charge on any atom is -0.502 e. The molecule has 0 bridgehead atoms. The van der Waals surface area contributed by atoms with E-state index in [9.17, 15) is 39.5 Å². The first kappa shape index (κ1) is 16.9. The Hall–Kier alpha value is -1.09. The van der Waals surface area contributed by atoms with Crippen molar-refractivity contribution >= 4 is 0 Å². The first-order valence-corrected chi connectivity index (χ1v) is 4.24. The molecule has 1 nitrogen and oxygen atoms in total. The summed E-state index contributed by atoms with van der Waals surface area (Å²) in [6.45, 7) is 1.67. The molecule has 0 saturated carbocycles. The molecule has 0 aromatic heterocycles. The van der Waals surface area contributed by atoms with Gasteiger partial charge in [-0.25, -0.2) is 0 Å². The summed E-state index contributed by atoms with van der Waals surface area (Å²) >= 11 is 0. The maximum absolute atomic E-state index is 12.7. The second-order valence-corrected chi connectivity index (χ2v) is 3.14. The Balaban J connectivity index is 5.16. The molecule has 108 valence electrons. The van der Waals surface area contributed by atoms with Gasteiger partial charge in [0.05, 0.1) is 19.3 Å². The van der Waals surface area contributed by atoms with Crippen molar-refractivity contribution in [3.05, 3.63) is 12.8 Å². The van der Waals surface area contributed by atoms with Gasteiger partial charge in [0.25, 0.3) is 0 Å². The Morgan fingerprint density at radius 2 is 1.28 bits per heavy atom. The van der Waals surface area contributed by atoms with Gasteiger partial charge in [-0.15, -0.1) is 0 Å². The SMILES string of the molecule is C=COCCC(F)(F)C(F)(F)C(F)(F)C(F)(F)F. The number of alkyl halides is 9. The normalized spacial score (nSPS) is 14.5. The zero-order chi connectivity index (χ0) is 14.8. The molecular weight excluding hydrogens is 283 g/mol. The van der Waals surface area contributed by atoms with E-state index < -0.39 is 37.0 Å². The largest absolute Gasteiger partial charge is 0.502 e. The van der Waals surface area contributed by atoms with Gasteiger partial charge in [-0.3, -0.25) is 0 Å². The van der Waals surface area contributed by atoms with Crippen molar-refractivity contribution in [1.82, 2.24) is 0 Å². The molecule has 0 saturated heterocycles. The van der Waals surface area contributed by atoms with Crippen LogP contribution in [0.1, 0.15) is 6.42 Å². The zero-order valence-corrected chi connectivity index (χ0v) is 8.51. The minimum absolute atomic E-state index is 0.552. The summed E-state index contributed by atoms with van der Waals surface area (Å²) in [6.07, 6.45) is -8.26. The third kappa shape index (κ3) is 2.83.